The highest BCUT2D eigenvalue weighted by Crippen LogP contribution is 2.29. The van der Waals surface area contributed by atoms with Gasteiger partial charge in [0.2, 0.25) is 0 Å². The summed E-state index contributed by atoms with van der Waals surface area (Å²) in [5.74, 6) is -0.401. The van der Waals surface area contributed by atoms with E-state index >= 15 is 0 Å². The Hall–Kier alpha value is -1.14. The average molecular weight is 302 g/mol. The van der Waals surface area contributed by atoms with Crippen LogP contribution < -0.4 is 0 Å². The third-order valence-electron chi connectivity index (χ3n) is 3.64. The topological polar surface area (TPSA) is 77.2 Å². The summed E-state index contributed by atoms with van der Waals surface area (Å²) in [5, 5.41) is 18.1. The van der Waals surface area contributed by atoms with Crippen molar-refractivity contribution in [3.8, 4) is 0 Å². The fourth-order valence-electron chi connectivity index (χ4n) is 2.62. The maximum atomic E-state index is 11.8. The molecule has 0 amide bonds. The van der Waals surface area contributed by atoms with Crippen molar-refractivity contribution < 1.29 is 14.6 Å². The standard InChI is InChI=1S/C13H20ClN3O3/c1-2-20-13(19)12-10(8-14)17(16-15-12)9-6-4-3-5-7-11(9)18/h9,11,18H,2-8H2,1H3. The minimum absolute atomic E-state index is 0.115. The lowest BCUT2D eigenvalue weighted by Gasteiger charge is -2.21. The molecule has 0 radical (unpaired) electrons. The van der Waals surface area contributed by atoms with Gasteiger partial charge in [0.1, 0.15) is 0 Å². The molecule has 0 aromatic carbocycles. The Morgan fingerprint density at radius 3 is 2.90 bits per heavy atom. The number of rotatable bonds is 4. The first-order valence-corrected chi connectivity index (χ1v) is 7.57. The molecule has 0 bridgehead atoms. The van der Waals surface area contributed by atoms with Crippen molar-refractivity contribution in [2.75, 3.05) is 6.61 Å². The van der Waals surface area contributed by atoms with Crippen LogP contribution in [0.25, 0.3) is 0 Å². The van der Waals surface area contributed by atoms with Gasteiger partial charge in [-0.15, -0.1) is 16.7 Å². The summed E-state index contributed by atoms with van der Waals surface area (Å²) in [5.41, 5.74) is 0.675. The van der Waals surface area contributed by atoms with Gasteiger partial charge in [0, 0.05) is 0 Å². The van der Waals surface area contributed by atoms with Crippen molar-refractivity contribution in [1.29, 1.82) is 0 Å². The summed E-state index contributed by atoms with van der Waals surface area (Å²) >= 11 is 5.94. The predicted octanol–water partition coefficient (Wildman–Crippen LogP) is 2.06. The highest BCUT2D eigenvalue weighted by Gasteiger charge is 2.29. The largest absolute Gasteiger partial charge is 0.461 e. The van der Waals surface area contributed by atoms with Crippen LogP contribution in [-0.4, -0.2) is 38.8 Å². The second kappa shape index (κ2) is 7.04. The van der Waals surface area contributed by atoms with E-state index in [0.29, 0.717) is 5.69 Å². The number of carbonyl (C=O) groups is 1. The molecule has 2 unspecified atom stereocenters. The minimum atomic E-state index is -0.516. The number of hydrogen-bond acceptors (Lipinski definition) is 5. The monoisotopic (exact) mass is 301 g/mol. The number of aromatic nitrogens is 3. The van der Waals surface area contributed by atoms with E-state index in [1.807, 2.05) is 0 Å². The predicted molar refractivity (Wildman–Crippen MR) is 73.7 cm³/mol. The van der Waals surface area contributed by atoms with E-state index in [1.54, 1.807) is 11.6 Å². The number of hydrogen-bond donors (Lipinski definition) is 1. The molecule has 1 aromatic heterocycles. The third-order valence-corrected chi connectivity index (χ3v) is 3.90. The fraction of sp³-hybridized carbons (Fsp3) is 0.769. The molecule has 1 N–H and O–H groups in total. The average Bonchev–Trinajstić information content (AvgIpc) is 2.75. The zero-order valence-corrected chi connectivity index (χ0v) is 12.3. The summed E-state index contributed by atoms with van der Waals surface area (Å²) in [4.78, 5) is 11.8. The van der Waals surface area contributed by atoms with Crippen molar-refractivity contribution in [3.63, 3.8) is 0 Å². The maximum Gasteiger partial charge on any atom is 0.360 e. The Kier molecular flexibility index (Phi) is 5.37. The van der Waals surface area contributed by atoms with Crippen LogP contribution in [0.3, 0.4) is 0 Å². The number of alkyl halides is 1. The molecular formula is C13H20ClN3O3. The number of carbonyl (C=O) groups excluding carboxylic acids is 1. The zero-order valence-electron chi connectivity index (χ0n) is 11.6. The van der Waals surface area contributed by atoms with Gasteiger partial charge in [0.05, 0.1) is 30.3 Å². The summed E-state index contributed by atoms with van der Waals surface area (Å²) in [6.45, 7) is 2.01. The lowest BCUT2D eigenvalue weighted by Crippen LogP contribution is -2.25. The number of halogens is 1. The van der Waals surface area contributed by atoms with Crippen molar-refractivity contribution in [2.24, 2.45) is 0 Å². The molecule has 112 valence electrons. The number of aliphatic hydroxyl groups is 1. The van der Waals surface area contributed by atoms with Gasteiger partial charge in [0.25, 0.3) is 0 Å². The molecule has 1 fully saturated rings. The molecule has 1 aromatic rings. The number of esters is 1. The van der Waals surface area contributed by atoms with Crippen LogP contribution >= 0.6 is 11.6 Å². The second-order valence-corrected chi connectivity index (χ2v) is 5.22. The summed E-state index contributed by atoms with van der Waals surface area (Å²) in [6, 6.07) is -0.165. The molecule has 0 aliphatic heterocycles. The first-order valence-electron chi connectivity index (χ1n) is 7.04. The van der Waals surface area contributed by atoms with E-state index in [2.05, 4.69) is 10.3 Å². The Morgan fingerprint density at radius 2 is 2.20 bits per heavy atom. The van der Waals surface area contributed by atoms with Crippen LogP contribution in [0.2, 0.25) is 0 Å². The number of nitrogens with zero attached hydrogens (tertiary/aromatic N) is 3. The van der Waals surface area contributed by atoms with Crippen molar-refractivity contribution in [1.82, 2.24) is 15.0 Å². The quantitative estimate of drug-likeness (QED) is 0.523. The van der Waals surface area contributed by atoms with Gasteiger partial charge in [-0.1, -0.05) is 24.5 Å². The summed E-state index contributed by atoms with van der Waals surface area (Å²) in [6.07, 6.45) is 4.21. The SMILES string of the molecule is CCOC(=O)c1nnn(C2CCCCCC2O)c1CCl. The van der Waals surface area contributed by atoms with E-state index in [4.69, 9.17) is 16.3 Å². The van der Waals surface area contributed by atoms with Crippen molar-refractivity contribution >= 4 is 17.6 Å². The number of ether oxygens (including phenoxy) is 1. The fourth-order valence-corrected chi connectivity index (χ4v) is 2.87. The zero-order chi connectivity index (χ0) is 14.5. The van der Waals surface area contributed by atoms with E-state index in [-0.39, 0.29) is 24.2 Å². The van der Waals surface area contributed by atoms with Crippen LogP contribution in [0.4, 0.5) is 0 Å². The van der Waals surface area contributed by atoms with E-state index in [9.17, 15) is 9.90 Å². The Balaban J connectivity index is 2.29. The molecule has 2 atom stereocenters. The van der Waals surface area contributed by atoms with E-state index in [0.717, 1.165) is 32.1 Å². The molecule has 1 saturated carbocycles. The van der Waals surface area contributed by atoms with Crippen LogP contribution in [0.5, 0.6) is 0 Å². The van der Waals surface area contributed by atoms with Gasteiger partial charge in [0.15, 0.2) is 5.69 Å². The third kappa shape index (κ3) is 3.12. The minimum Gasteiger partial charge on any atom is -0.461 e. The van der Waals surface area contributed by atoms with Crippen molar-refractivity contribution in [3.05, 3.63) is 11.4 Å². The molecule has 6 nitrogen and oxygen atoms in total. The highest BCUT2D eigenvalue weighted by molar-refractivity contribution is 6.17. The van der Waals surface area contributed by atoms with Gasteiger partial charge >= 0.3 is 5.97 Å². The summed E-state index contributed by atoms with van der Waals surface area (Å²) in [7, 11) is 0. The Labute approximate surface area is 123 Å². The lowest BCUT2D eigenvalue weighted by molar-refractivity contribution is 0.0517. The molecule has 2 rings (SSSR count). The molecular weight excluding hydrogens is 282 g/mol. The second-order valence-electron chi connectivity index (χ2n) is 4.96. The van der Waals surface area contributed by atoms with Crippen LogP contribution in [0, 0.1) is 0 Å². The first kappa shape index (κ1) is 15.3. The normalized spacial score (nSPS) is 23.4. The lowest BCUT2D eigenvalue weighted by atomic mass is 10.1. The van der Waals surface area contributed by atoms with Gasteiger partial charge in [-0.3, -0.25) is 0 Å². The Bertz CT molecular complexity index is 464. The smallest absolute Gasteiger partial charge is 0.360 e. The molecule has 1 aliphatic carbocycles. The highest BCUT2D eigenvalue weighted by atomic mass is 35.5. The van der Waals surface area contributed by atoms with Gasteiger partial charge < -0.3 is 9.84 Å². The molecule has 0 saturated heterocycles. The van der Waals surface area contributed by atoms with Gasteiger partial charge in [-0.25, -0.2) is 9.48 Å². The molecule has 7 heteroatoms. The molecule has 20 heavy (non-hydrogen) atoms. The van der Waals surface area contributed by atoms with Gasteiger partial charge in [-0.05, 0) is 19.8 Å². The maximum absolute atomic E-state index is 11.8. The van der Waals surface area contributed by atoms with E-state index in [1.165, 1.54) is 0 Å². The van der Waals surface area contributed by atoms with Crippen LogP contribution in [0.1, 0.15) is 61.3 Å². The molecule has 0 spiro atoms. The van der Waals surface area contributed by atoms with Crippen LogP contribution in [-0.2, 0) is 10.6 Å². The van der Waals surface area contributed by atoms with Crippen LogP contribution in [0.15, 0.2) is 0 Å². The van der Waals surface area contributed by atoms with Gasteiger partial charge in [-0.2, -0.15) is 0 Å². The van der Waals surface area contributed by atoms with Crippen molar-refractivity contribution in [2.45, 2.75) is 57.1 Å². The summed E-state index contributed by atoms with van der Waals surface area (Å²) < 4.78 is 6.55. The first-order chi connectivity index (χ1) is 9.69. The number of aliphatic hydroxyl groups excluding tert-OH is 1. The Morgan fingerprint density at radius 1 is 1.45 bits per heavy atom. The van der Waals surface area contributed by atoms with E-state index < -0.39 is 12.1 Å². The molecule has 1 aliphatic rings. The molecule has 1 heterocycles.